The van der Waals surface area contributed by atoms with Crippen LogP contribution in [0.1, 0.15) is 26.5 Å². The number of nitrogens with zero attached hydrogens (tertiary/aromatic N) is 3. The van der Waals surface area contributed by atoms with E-state index in [2.05, 4.69) is 10.1 Å². The van der Waals surface area contributed by atoms with E-state index in [1.54, 1.807) is 36.4 Å². The number of imide groups is 1. The van der Waals surface area contributed by atoms with E-state index in [4.69, 9.17) is 20.9 Å². The Balaban J connectivity index is 1.38. The Kier molecular flexibility index (Phi) is 4.62. The van der Waals surface area contributed by atoms with E-state index in [9.17, 15) is 14.4 Å². The highest BCUT2D eigenvalue weighted by atomic mass is 35.5. The molecule has 0 atom stereocenters. The van der Waals surface area contributed by atoms with E-state index in [0.717, 1.165) is 4.90 Å². The predicted octanol–water partition coefficient (Wildman–Crippen LogP) is 2.73. The fraction of sp³-hybridized carbons (Fsp3) is 0.105. The predicted molar refractivity (Wildman–Crippen MR) is 96.3 cm³/mol. The molecule has 2 amide bonds. The van der Waals surface area contributed by atoms with E-state index in [1.807, 2.05) is 0 Å². The number of amides is 2. The van der Waals surface area contributed by atoms with Crippen molar-refractivity contribution in [2.24, 2.45) is 0 Å². The molecule has 0 fully saturated rings. The van der Waals surface area contributed by atoms with Crippen LogP contribution in [0.5, 0.6) is 0 Å². The van der Waals surface area contributed by atoms with Gasteiger partial charge in [0.15, 0.2) is 6.61 Å². The number of benzene rings is 2. The van der Waals surface area contributed by atoms with Crippen molar-refractivity contribution in [2.75, 3.05) is 6.54 Å². The molecule has 0 N–H and O–H groups in total. The molecule has 0 saturated carbocycles. The van der Waals surface area contributed by atoms with Gasteiger partial charge in [0, 0.05) is 0 Å². The third-order valence-corrected chi connectivity index (χ3v) is 4.43. The minimum absolute atomic E-state index is 0.130. The van der Waals surface area contributed by atoms with Gasteiger partial charge in [-0.15, -0.1) is 0 Å². The first-order valence-corrected chi connectivity index (χ1v) is 8.60. The van der Waals surface area contributed by atoms with Gasteiger partial charge in [-0.05, 0) is 24.3 Å². The number of aromatic nitrogens is 2. The standard InChI is InChI=1S/C19H12ClN3O5/c20-14-8-4-3-7-13(14)17-21-15(22-28-17)10-27-16(24)9-23-18(25)11-5-1-2-6-12(11)19(23)26/h1-8H,9-10H2. The Hall–Kier alpha value is -3.52. The van der Waals surface area contributed by atoms with Crippen LogP contribution in [0.4, 0.5) is 0 Å². The van der Waals surface area contributed by atoms with Crippen LogP contribution in [0.3, 0.4) is 0 Å². The molecule has 28 heavy (non-hydrogen) atoms. The van der Waals surface area contributed by atoms with Crippen LogP contribution < -0.4 is 0 Å². The Labute approximate surface area is 163 Å². The van der Waals surface area contributed by atoms with Crippen LogP contribution in [-0.4, -0.2) is 39.4 Å². The van der Waals surface area contributed by atoms with Gasteiger partial charge in [-0.25, -0.2) is 0 Å². The second-order valence-corrected chi connectivity index (χ2v) is 6.31. The van der Waals surface area contributed by atoms with Crippen molar-refractivity contribution in [1.29, 1.82) is 0 Å². The molecule has 0 unspecified atom stereocenters. The molecule has 0 aliphatic carbocycles. The average Bonchev–Trinajstić information content (AvgIpc) is 3.26. The molecule has 140 valence electrons. The normalized spacial score (nSPS) is 13.0. The minimum atomic E-state index is -0.765. The lowest BCUT2D eigenvalue weighted by molar-refractivity contribution is -0.145. The molecule has 1 aliphatic rings. The SMILES string of the molecule is O=C(CN1C(=O)c2ccccc2C1=O)OCc1noc(-c2ccccc2Cl)n1. The number of esters is 1. The van der Waals surface area contributed by atoms with Crippen LogP contribution in [-0.2, 0) is 16.1 Å². The van der Waals surface area contributed by atoms with Gasteiger partial charge in [-0.3, -0.25) is 19.3 Å². The number of halogens is 1. The first-order chi connectivity index (χ1) is 13.5. The largest absolute Gasteiger partial charge is 0.456 e. The molecule has 0 radical (unpaired) electrons. The molecule has 0 saturated heterocycles. The van der Waals surface area contributed by atoms with Gasteiger partial charge in [-0.2, -0.15) is 4.98 Å². The van der Waals surface area contributed by atoms with Crippen molar-refractivity contribution in [1.82, 2.24) is 15.0 Å². The van der Waals surface area contributed by atoms with Gasteiger partial charge in [0.25, 0.3) is 17.7 Å². The van der Waals surface area contributed by atoms with Gasteiger partial charge in [0.2, 0.25) is 5.82 Å². The minimum Gasteiger partial charge on any atom is -0.456 e. The van der Waals surface area contributed by atoms with E-state index in [1.165, 1.54) is 12.1 Å². The van der Waals surface area contributed by atoms with Crippen molar-refractivity contribution >= 4 is 29.4 Å². The summed E-state index contributed by atoms with van der Waals surface area (Å²) in [4.78, 5) is 41.5. The smallest absolute Gasteiger partial charge is 0.326 e. The average molecular weight is 398 g/mol. The molecule has 8 nitrogen and oxygen atoms in total. The summed E-state index contributed by atoms with van der Waals surface area (Å²) in [6, 6.07) is 13.3. The van der Waals surface area contributed by atoms with Gasteiger partial charge >= 0.3 is 5.97 Å². The quantitative estimate of drug-likeness (QED) is 0.481. The highest BCUT2D eigenvalue weighted by Crippen LogP contribution is 2.26. The maximum absolute atomic E-state index is 12.3. The maximum Gasteiger partial charge on any atom is 0.326 e. The molecular formula is C19H12ClN3O5. The molecule has 2 heterocycles. The Morgan fingerprint density at radius 1 is 1.00 bits per heavy atom. The fourth-order valence-corrected chi connectivity index (χ4v) is 2.98. The molecular weight excluding hydrogens is 386 g/mol. The van der Waals surface area contributed by atoms with Crippen LogP contribution in [0.2, 0.25) is 5.02 Å². The molecule has 3 aromatic rings. The topological polar surface area (TPSA) is 103 Å². The van der Waals surface area contributed by atoms with Crippen molar-refractivity contribution in [3.63, 3.8) is 0 Å². The third kappa shape index (κ3) is 3.25. The Morgan fingerprint density at radius 3 is 2.25 bits per heavy atom. The molecule has 0 bridgehead atoms. The summed E-state index contributed by atoms with van der Waals surface area (Å²) in [6.07, 6.45) is 0. The molecule has 1 aliphatic heterocycles. The Bertz CT molecular complexity index is 1060. The highest BCUT2D eigenvalue weighted by molar-refractivity contribution is 6.33. The lowest BCUT2D eigenvalue weighted by Crippen LogP contribution is -2.35. The van der Waals surface area contributed by atoms with E-state index in [-0.39, 0.29) is 29.4 Å². The second-order valence-electron chi connectivity index (χ2n) is 5.90. The number of ether oxygens (including phenoxy) is 1. The molecule has 4 rings (SSSR count). The summed E-state index contributed by atoms with van der Waals surface area (Å²) in [5, 5.41) is 4.18. The van der Waals surface area contributed by atoms with E-state index in [0.29, 0.717) is 10.6 Å². The summed E-state index contributed by atoms with van der Waals surface area (Å²) in [6.45, 7) is -0.766. The maximum atomic E-state index is 12.3. The summed E-state index contributed by atoms with van der Waals surface area (Å²) >= 11 is 6.07. The zero-order chi connectivity index (χ0) is 19.7. The molecule has 9 heteroatoms. The lowest BCUT2D eigenvalue weighted by atomic mass is 10.1. The number of carbonyl (C=O) groups is 3. The van der Waals surface area contributed by atoms with Crippen LogP contribution >= 0.6 is 11.6 Å². The van der Waals surface area contributed by atoms with Crippen molar-refractivity contribution in [3.8, 4) is 11.5 Å². The van der Waals surface area contributed by atoms with Crippen molar-refractivity contribution in [2.45, 2.75) is 6.61 Å². The molecule has 2 aromatic carbocycles. The van der Waals surface area contributed by atoms with E-state index >= 15 is 0 Å². The Morgan fingerprint density at radius 2 is 1.61 bits per heavy atom. The first kappa shape index (κ1) is 17.9. The van der Waals surface area contributed by atoms with Crippen molar-refractivity contribution in [3.05, 3.63) is 70.5 Å². The van der Waals surface area contributed by atoms with E-state index < -0.39 is 24.3 Å². The van der Waals surface area contributed by atoms with Gasteiger partial charge in [0.05, 0.1) is 21.7 Å². The second kappa shape index (κ2) is 7.24. The number of hydrogen-bond donors (Lipinski definition) is 0. The van der Waals surface area contributed by atoms with Crippen molar-refractivity contribution < 1.29 is 23.6 Å². The number of rotatable bonds is 5. The summed E-state index contributed by atoms with van der Waals surface area (Å²) in [5.74, 6) is -1.50. The zero-order valence-corrected chi connectivity index (χ0v) is 15.0. The van der Waals surface area contributed by atoms with Gasteiger partial charge in [0.1, 0.15) is 6.54 Å². The number of hydrogen-bond acceptors (Lipinski definition) is 7. The monoisotopic (exact) mass is 397 g/mol. The molecule has 1 aromatic heterocycles. The summed E-state index contributed by atoms with van der Waals surface area (Å²) < 4.78 is 10.2. The van der Waals surface area contributed by atoms with Gasteiger partial charge in [-0.1, -0.05) is 41.0 Å². The third-order valence-electron chi connectivity index (χ3n) is 4.10. The highest BCUT2D eigenvalue weighted by Gasteiger charge is 2.36. The zero-order valence-electron chi connectivity index (χ0n) is 14.3. The van der Waals surface area contributed by atoms with Gasteiger partial charge < -0.3 is 9.26 Å². The number of carbonyl (C=O) groups excluding carboxylic acids is 3. The lowest BCUT2D eigenvalue weighted by Gasteiger charge is -2.12. The summed E-state index contributed by atoms with van der Waals surface area (Å²) in [7, 11) is 0. The van der Waals surface area contributed by atoms with Crippen LogP contribution in [0, 0.1) is 0 Å². The molecule has 0 spiro atoms. The first-order valence-electron chi connectivity index (χ1n) is 8.23. The van der Waals surface area contributed by atoms with Crippen LogP contribution in [0.15, 0.2) is 53.1 Å². The summed E-state index contributed by atoms with van der Waals surface area (Å²) in [5.41, 5.74) is 1.09. The van der Waals surface area contributed by atoms with Crippen LogP contribution in [0.25, 0.3) is 11.5 Å². The number of fused-ring (bicyclic) bond motifs is 1. The fourth-order valence-electron chi connectivity index (χ4n) is 2.76.